The first-order valence-corrected chi connectivity index (χ1v) is 8.12. The molecule has 0 aliphatic rings. The van der Waals surface area contributed by atoms with E-state index in [1.165, 1.54) is 7.05 Å². The summed E-state index contributed by atoms with van der Waals surface area (Å²) < 4.78 is 45.7. The molecule has 0 atom stereocenters. The second-order valence-corrected chi connectivity index (χ2v) is 8.02. The van der Waals surface area contributed by atoms with E-state index in [0.717, 1.165) is 10.6 Å². The first kappa shape index (κ1) is 14.8. The van der Waals surface area contributed by atoms with Crippen LogP contribution in [0.25, 0.3) is 0 Å². The molecule has 1 N–H and O–H groups in total. The Labute approximate surface area is 91.6 Å². The molecule has 0 bridgehead atoms. The first-order chi connectivity index (χ1) is 6.69. The Morgan fingerprint density at radius 2 is 1.73 bits per heavy atom. The molecule has 0 aromatic rings. The highest BCUT2D eigenvalue weighted by molar-refractivity contribution is 8.06. The summed E-state index contributed by atoms with van der Waals surface area (Å²) >= 11 is 0. The van der Waals surface area contributed by atoms with Gasteiger partial charge in [-0.25, -0.2) is 21.1 Å². The fourth-order valence-corrected chi connectivity index (χ4v) is 4.27. The predicted octanol–water partition coefficient (Wildman–Crippen LogP) is -1.14. The van der Waals surface area contributed by atoms with Crippen LogP contribution in [-0.4, -0.2) is 59.7 Å². The molecule has 0 radical (unpaired) electrons. The van der Waals surface area contributed by atoms with Gasteiger partial charge in [0.05, 0.1) is 0 Å². The van der Waals surface area contributed by atoms with Gasteiger partial charge in [0.25, 0.3) is 0 Å². The molecule has 6 nitrogen and oxygen atoms in total. The van der Waals surface area contributed by atoms with Gasteiger partial charge in [0, 0.05) is 19.8 Å². The summed E-state index contributed by atoms with van der Waals surface area (Å²) in [6, 6.07) is 0. The van der Waals surface area contributed by atoms with Gasteiger partial charge in [-0.3, -0.25) is 0 Å². The molecule has 8 heteroatoms. The highest BCUT2D eigenvalue weighted by Crippen LogP contribution is 2.02. The van der Waals surface area contributed by atoms with Crippen LogP contribution in [0.1, 0.15) is 6.42 Å². The molecule has 0 aromatic heterocycles. The maximum Gasteiger partial charge on any atom is 0.228 e. The molecule has 15 heavy (non-hydrogen) atoms. The fraction of sp³-hybridized carbons (Fsp3) is 1.00. The Bertz CT molecular complexity index is 374. The van der Waals surface area contributed by atoms with E-state index >= 15 is 0 Å². The van der Waals surface area contributed by atoms with Crippen LogP contribution in [-0.2, 0) is 19.9 Å². The van der Waals surface area contributed by atoms with Gasteiger partial charge in [-0.05, 0) is 20.0 Å². The number of rotatable bonds is 7. The van der Waals surface area contributed by atoms with E-state index in [4.69, 9.17) is 0 Å². The van der Waals surface area contributed by atoms with Crippen LogP contribution in [0.3, 0.4) is 0 Å². The van der Waals surface area contributed by atoms with Crippen LogP contribution >= 0.6 is 0 Å². The Morgan fingerprint density at radius 1 is 1.20 bits per heavy atom. The molecule has 0 amide bonds. The minimum absolute atomic E-state index is 0.318. The smallest absolute Gasteiger partial charge is 0.228 e. The maximum absolute atomic E-state index is 11.5. The average molecular weight is 258 g/mol. The van der Waals surface area contributed by atoms with Crippen molar-refractivity contribution in [2.75, 3.05) is 38.5 Å². The van der Waals surface area contributed by atoms with E-state index < -0.39 is 24.9 Å². The summed E-state index contributed by atoms with van der Waals surface area (Å²) in [5.41, 5.74) is 0. The second-order valence-electron chi connectivity index (χ2n) is 3.43. The van der Waals surface area contributed by atoms with E-state index in [9.17, 15) is 16.8 Å². The third-order valence-electron chi connectivity index (χ3n) is 1.74. The fourth-order valence-electron chi connectivity index (χ4n) is 0.978. The Hall–Kier alpha value is -0.180. The van der Waals surface area contributed by atoms with Crippen LogP contribution in [0.15, 0.2) is 0 Å². The van der Waals surface area contributed by atoms with Crippen molar-refractivity contribution in [2.45, 2.75) is 6.42 Å². The van der Waals surface area contributed by atoms with Gasteiger partial charge in [0.2, 0.25) is 10.0 Å². The third kappa shape index (κ3) is 6.82. The molecule has 92 valence electrons. The summed E-state index contributed by atoms with van der Waals surface area (Å²) in [6.07, 6.45) is 1.56. The Morgan fingerprint density at radius 3 is 2.13 bits per heavy atom. The zero-order valence-corrected chi connectivity index (χ0v) is 10.9. The quantitative estimate of drug-likeness (QED) is 0.584. The molecular formula is C7H18N2O4S2. The minimum Gasteiger partial charge on any atom is -0.320 e. The van der Waals surface area contributed by atoms with Gasteiger partial charge in [0.15, 0.2) is 14.9 Å². The molecular weight excluding hydrogens is 240 g/mol. The summed E-state index contributed by atoms with van der Waals surface area (Å²) in [4.78, 5) is 0. The number of nitrogens with zero attached hydrogens (tertiary/aromatic N) is 1. The maximum atomic E-state index is 11.5. The van der Waals surface area contributed by atoms with Gasteiger partial charge in [0.1, 0.15) is 0 Å². The summed E-state index contributed by atoms with van der Waals surface area (Å²) in [5.74, 6) is 0. The first-order valence-electron chi connectivity index (χ1n) is 4.45. The van der Waals surface area contributed by atoms with E-state index in [1.54, 1.807) is 7.05 Å². The molecule has 0 unspecified atom stereocenters. The van der Waals surface area contributed by atoms with Crippen LogP contribution < -0.4 is 5.32 Å². The molecule has 0 spiro atoms. The second kappa shape index (κ2) is 5.78. The van der Waals surface area contributed by atoms with Crippen LogP contribution in [0.5, 0.6) is 0 Å². The molecule has 0 saturated carbocycles. The lowest BCUT2D eigenvalue weighted by molar-refractivity contribution is 0.461. The molecule has 0 aliphatic carbocycles. The molecule has 0 aliphatic heterocycles. The van der Waals surface area contributed by atoms with Crippen molar-refractivity contribution < 1.29 is 16.8 Å². The zero-order valence-electron chi connectivity index (χ0n) is 9.23. The number of hydrogen-bond acceptors (Lipinski definition) is 5. The van der Waals surface area contributed by atoms with Crippen molar-refractivity contribution in [1.82, 2.24) is 9.62 Å². The molecule has 0 fully saturated rings. The van der Waals surface area contributed by atoms with Gasteiger partial charge in [-0.2, -0.15) is 0 Å². The number of sulfone groups is 1. The van der Waals surface area contributed by atoms with Crippen LogP contribution in [0, 0.1) is 0 Å². The molecule has 0 saturated heterocycles. The lowest BCUT2D eigenvalue weighted by Crippen LogP contribution is -2.33. The van der Waals surface area contributed by atoms with Crippen molar-refractivity contribution in [3.05, 3.63) is 0 Å². The summed E-state index contributed by atoms with van der Waals surface area (Å²) in [7, 11) is -4.03. The standard InChI is InChI=1S/C7H18N2O4S2/c1-8-5-4-6-9(2)15(12,13)7-14(3,10)11/h8H,4-7H2,1-3H3. The molecule has 0 heterocycles. The van der Waals surface area contributed by atoms with E-state index in [1.807, 2.05) is 0 Å². The lowest BCUT2D eigenvalue weighted by atomic mass is 10.4. The van der Waals surface area contributed by atoms with Gasteiger partial charge < -0.3 is 5.32 Å². The number of nitrogens with one attached hydrogen (secondary N) is 1. The Kier molecular flexibility index (Phi) is 5.71. The van der Waals surface area contributed by atoms with Gasteiger partial charge in [-0.15, -0.1) is 0 Å². The largest absolute Gasteiger partial charge is 0.320 e. The predicted molar refractivity (Wildman–Crippen MR) is 59.8 cm³/mol. The van der Waals surface area contributed by atoms with Gasteiger partial charge >= 0.3 is 0 Å². The van der Waals surface area contributed by atoms with E-state index in [2.05, 4.69) is 5.32 Å². The Balaban J connectivity index is 4.34. The number of sulfonamides is 1. The average Bonchev–Trinajstić information content (AvgIpc) is 2.00. The van der Waals surface area contributed by atoms with Crippen molar-refractivity contribution in [3.8, 4) is 0 Å². The van der Waals surface area contributed by atoms with Crippen molar-refractivity contribution in [2.24, 2.45) is 0 Å². The van der Waals surface area contributed by atoms with Crippen molar-refractivity contribution in [3.63, 3.8) is 0 Å². The normalized spacial score (nSPS) is 13.3. The SMILES string of the molecule is CNCCCN(C)S(=O)(=O)CS(C)(=O)=O. The highest BCUT2D eigenvalue weighted by Gasteiger charge is 2.22. The summed E-state index contributed by atoms with van der Waals surface area (Å²) in [5, 5.41) is 2.06. The molecule has 0 aromatic carbocycles. The van der Waals surface area contributed by atoms with Gasteiger partial charge in [-0.1, -0.05) is 0 Å². The zero-order chi connectivity index (χ0) is 12.1. The monoisotopic (exact) mass is 258 g/mol. The number of hydrogen-bond donors (Lipinski definition) is 1. The minimum atomic E-state index is -3.68. The topological polar surface area (TPSA) is 83.6 Å². The van der Waals surface area contributed by atoms with Crippen LogP contribution in [0.4, 0.5) is 0 Å². The van der Waals surface area contributed by atoms with E-state index in [-0.39, 0.29) is 0 Å². The van der Waals surface area contributed by atoms with Crippen molar-refractivity contribution >= 4 is 19.9 Å². The van der Waals surface area contributed by atoms with Crippen molar-refractivity contribution in [1.29, 1.82) is 0 Å². The lowest BCUT2D eigenvalue weighted by Gasteiger charge is -2.16. The van der Waals surface area contributed by atoms with Crippen LogP contribution in [0.2, 0.25) is 0 Å². The highest BCUT2D eigenvalue weighted by atomic mass is 32.3. The molecule has 0 rings (SSSR count). The third-order valence-corrected chi connectivity index (χ3v) is 5.77. The summed E-state index contributed by atoms with van der Waals surface area (Å²) in [6.45, 7) is 1.01. The van der Waals surface area contributed by atoms with E-state index in [0.29, 0.717) is 19.5 Å².